The van der Waals surface area contributed by atoms with Crippen LogP contribution in [0.25, 0.3) is 0 Å². The number of rotatable bonds is 5. The molecule has 21 heavy (non-hydrogen) atoms. The van der Waals surface area contributed by atoms with Gasteiger partial charge in [0.25, 0.3) is 0 Å². The molecule has 1 aromatic rings. The van der Waals surface area contributed by atoms with E-state index in [2.05, 4.69) is 10.6 Å². The average Bonchev–Trinajstić information content (AvgIpc) is 2.93. The van der Waals surface area contributed by atoms with Crippen LogP contribution in [0.3, 0.4) is 0 Å². The molecule has 1 aromatic carbocycles. The highest BCUT2D eigenvalue weighted by atomic mass is 16.5. The maximum Gasteiger partial charge on any atom is 0.326 e. The Labute approximate surface area is 121 Å². The minimum Gasteiger partial charge on any atom is -0.508 e. The first-order valence-corrected chi connectivity index (χ1v) is 6.70. The second-order valence-electron chi connectivity index (χ2n) is 4.94. The summed E-state index contributed by atoms with van der Waals surface area (Å²) in [5.74, 6) is -1.00. The molecule has 2 rings (SSSR count). The number of hydrogen-bond donors (Lipinski definition) is 4. The summed E-state index contributed by atoms with van der Waals surface area (Å²) in [6.45, 7) is 1.05. The van der Waals surface area contributed by atoms with Crippen molar-refractivity contribution in [3.63, 3.8) is 0 Å². The number of hydrogen-bond acceptors (Lipinski definition) is 4. The lowest BCUT2D eigenvalue weighted by atomic mass is 10.1. The Balaban J connectivity index is 1.90. The molecule has 2 atom stereocenters. The van der Waals surface area contributed by atoms with E-state index in [9.17, 15) is 19.8 Å². The molecule has 0 aromatic heterocycles. The number of carbonyl (C=O) groups excluding carboxylic acids is 1. The van der Waals surface area contributed by atoms with Gasteiger partial charge in [-0.25, -0.2) is 9.59 Å². The molecule has 0 radical (unpaired) electrons. The molecule has 1 saturated heterocycles. The second kappa shape index (κ2) is 6.94. The van der Waals surface area contributed by atoms with Crippen molar-refractivity contribution in [1.29, 1.82) is 0 Å². The van der Waals surface area contributed by atoms with Gasteiger partial charge in [0.15, 0.2) is 0 Å². The van der Waals surface area contributed by atoms with Crippen LogP contribution < -0.4 is 10.6 Å². The molecule has 1 heterocycles. The SMILES string of the molecule is O=C(NC1CCOC1)NC(Cc1ccc(O)cc1)C(=O)O. The minimum absolute atomic E-state index is 0.0758. The number of aromatic hydroxyl groups is 1. The van der Waals surface area contributed by atoms with E-state index in [4.69, 9.17) is 4.74 Å². The molecule has 114 valence electrons. The Bertz CT molecular complexity index is 497. The lowest BCUT2D eigenvalue weighted by molar-refractivity contribution is -0.139. The third kappa shape index (κ3) is 4.64. The molecule has 1 fully saturated rings. The van der Waals surface area contributed by atoms with E-state index in [0.29, 0.717) is 18.8 Å². The molecule has 7 heteroatoms. The number of urea groups is 1. The topological polar surface area (TPSA) is 108 Å². The summed E-state index contributed by atoms with van der Waals surface area (Å²) < 4.78 is 5.13. The van der Waals surface area contributed by atoms with Gasteiger partial charge in [-0.3, -0.25) is 0 Å². The Morgan fingerprint density at radius 3 is 2.62 bits per heavy atom. The Hall–Kier alpha value is -2.28. The summed E-state index contributed by atoms with van der Waals surface area (Å²) in [7, 11) is 0. The summed E-state index contributed by atoms with van der Waals surface area (Å²) in [5.41, 5.74) is 0.713. The van der Waals surface area contributed by atoms with E-state index in [1.54, 1.807) is 12.1 Å². The number of amides is 2. The fraction of sp³-hybridized carbons (Fsp3) is 0.429. The number of aliphatic carboxylic acids is 1. The van der Waals surface area contributed by atoms with Gasteiger partial charge in [0, 0.05) is 13.0 Å². The van der Waals surface area contributed by atoms with Gasteiger partial charge in [0.05, 0.1) is 12.6 Å². The number of phenols is 1. The number of phenolic OH excluding ortho intramolecular Hbond substituents is 1. The van der Waals surface area contributed by atoms with E-state index in [1.165, 1.54) is 12.1 Å². The van der Waals surface area contributed by atoms with Crippen molar-refractivity contribution in [2.75, 3.05) is 13.2 Å². The molecule has 0 aliphatic carbocycles. The van der Waals surface area contributed by atoms with Crippen molar-refractivity contribution < 1.29 is 24.5 Å². The van der Waals surface area contributed by atoms with Crippen molar-refractivity contribution in [1.82, 2.24) is 10.6 Å². The van der Waals surface area contributed by atoms with Crippen molar-refractivity contribution in [3.05, 3.63) is 29.8 Å². The Kier molecular flexibility index (Phi) is 4.99. The van der Waals surface area contributed by atoms with Gasteiger partial charge < -0.3 is 25.6 Å². The molecule has 0 saturated carbocycles. The fourth-order valence-electron chi connectivity index (χ4n) is 2.10. The zero-order valence-electron chi connectivity index (χ0n) is 11.4. The van der Waals surface area contributed by atoms with Crippen molar-refractivity contribution in [3.8, 4) is 5.75 Å². The van der Waals surface area contributed by atoms with Crippen LogP contribution in [0.4, 0.5) is 4.79 Å². The molecule has 4 N–H and O–H groups in total. The number of carboxylic acid groups (broad SMARTS) is 1. The van der Waals surface area contributed by atoms with Gasteiger partial charge >= 0.3 is 12.0 Å². The van der Waals surface area contributed by atoms with Gasteiger partial charge in [0.1, 0.15) is 11.8 Å². The van der Waals surface area contributed by atoms with E-state index < -0.39 is 18.0 Å². The molecule has 1 aliphatic heterocycles. The number of ether oxygens (including phenoxy) is 1. The smallest absolute Gasteiger partial charge is 0.326 e. The van der Waals surface area contributed by atoms with E-state index in [0.717, 1.165) is 6.42 Å². The predicted molar refractivity (Wildman–Crippen MR) is 74.1 cm³/mol. The first kappa shape index (κ1) is 15.1. The van der Waals surface area contributed by atoms with Gasteiger partial charge in [0.2, 0.25) is 0 Å². The van der Waals surface area contributed by atoms with Crippen LogP contribution >= 0.6 is 0 Å². The molecule has 0 spiro atoms. The summed E-state index contributed by atoms with van der Waals surface area (Å²) in [6, 6.07) is 4.57. The Morgan fingerprint density at radius 2 is 2.05 bits per heavy atom. The highest BCUT2D eigenvalue weighted by molar-refractivity contribution is 5.82. The lowest BCUT2D eigenvalue weighted by Crippen LogP contribution is -2.50. The number of benzene rings is 1. The van der Waals surface area contributed by atoms with Gasteiger partial charge in [-0.2, -0.15) is 0 Å². The van der Waals surface area contributed by atoms with Crippen LogP contribution in [-0.4, -0.2) is 47.5 Å². The minimum atomic E-state index is -1.11. The number of carboxylic acids is 1. The van der Waals surface area contributed by atoms with Gasteiger partial charge in [-0.15, -0.1) is 0 Å². The largest absolute Gasteiger partial charge is 0.508 e. The molecular weight excluding hydrogens is 276 g/mol. The van der Waals surface area contributed by atoms with Gasteiger partial charge in [-0.05, 0) is 24.1 Å². The Morgan fingerprint density at radius 1 is 1.33 bits per heavy atom. The van der Waals surface area contributed by atoms with E-state index in [1.807, 2.05) is 0 Å². The first-order valence-electron chi connectivity index (χ1n) is 6.70. The van der Waals surface area contributed by atoms with Crippen LogP contribution in [0.5, 0.6) is 5.75 Å². The second-order valence-corrected chi connectivity index (χ2v) is 4.94. The maximum absolute atomic E-state index is 11.8. The van der Waals surface area contributed by atoms with Crippen LogP contribution in [0.2, 0.25) is 0 Å². The molecule has 0 bridgehead atoms. The zero-order chi connectivity index (χ0) is 15.2. The molecule has 1 aliphatic rings. The summed E-state index contributed by atoms with van der Waals surface area (Å²) in [5, 5.41) is 23.5. The third-order valence-corrected chi connectivity index (χ3v) is 3.24. The zero-order valence-corrected chi connectivity index (χ0v) is 11.4. The monoisotopic (exact) mass is 294 g/mol. The molecule has 2 unspecified atom stereocenters. The third-order valence-electron chi connectivity index (χ3n) is 3.24. The van der Waals surface area contributed by atoms with Crippen LogP contribution in [0, 0.1) is 0 Å². The van der Waals surface area contributed by atoms with Gasteiger partial charge in [-0.1, -0.05) is 12.1 Å². The maximum atomic E-state index is 11.8. The summed E-state index contributed by atoms with van der Waals surface area (Å²) >= 11 is 0. The summed E-state index contributed by atoms with van der Waals surface area (Å²) in [4.78, 5) is 23.0. The number of nitrogens with one attached hydrogen (secondary N) is 2. The van der Waals surface area contributed by atoms with Crippen molar-refractivity contribution in [2.45, 2.75) is 24.9 Å². The first-order chi connectivity index (χ1) is 10.0. The van der Waals surface area contributed by atoms with Crippen LogP contribution in [0.15, 0.2) is 24.3 Å². The highest BCUT2D eigenvalue weighted by Gasteiger charge is 2.23. The lowest BCUT2D eigenvalue weighted by Gasteiger charge is -2.17. The highest BCUT2D eigenvalue weighted by Crippen LogP contribution is 2.11. The number of carbonyl (C=O) groups is 2. The van der Waals surface area contributed by atoms with E-state index in [-0.39, 0.29) is 18.2 Å². The average molecular weight is 294 g/mol. The normalized spacial score (nSPS) is 19.0. The van der Waals surface area contributed by atoms with Crippen LogP contribution in [0.1, 0.15) is 12.0 Å². The van der Waals surface area contributed by atoms with E-state index >= 15 is 0 Å². The quantitative estimate of drug-likeness (QED) is 0.631. The summed E-state index contributed by atoms with van der Waals surface area (Å²) in [6.07, 6.45) is 0.868. The standard InChI is InChI=1S/C14H18N2O5/c17-11-3-1-9(2-4-11)7-12(13(18)19)16-14(20)15-10-5-6-21-8-10/h1-4,10,12,17H,5-8H2,(H,18,19)(H2,15,16,20). The fourth-order valence-corrected chi connectivity index (χ4v) is 2.10. The molecular formula is C14H18N2O5. The van der Waals surface area contributed by atoms with Crippen molar-refractivity contribution >= 4 is 12.0 Å². The van der Waals surface area contributed by atoms with Crippen molar-refractivity contribution in [2.24, 2.45) is 0 Å². The molecule has 7 nitrogen and oxygen atoms in total. The molecule has 2 amide bonds. The predicted octanol–water partition coefficient (Wildman–Crippen LogP) is 0.476. The van der Waals surface area contributed by atoms with Crippen LogP contribution in [-0.2, 0) is 16.0 Å².